The lowest BCUT2D eigenvalue weighted by atomic mass is 10.5. The molecular formula is C10H16F2N2O2. The van der Waals surface area contributed by atoms with Gasteiger partial charge in [0.2, 0.25) is 0 Å². The maximum atomic E-state index is 11.8. The number of likely N-dealkylation sites (N-methyl/N-ethyl adjacent to an activating group) is 2. The Bertz CT molecular complexity index is 269. The first-order valence-electron chi connectivity index (χ1n) is 4.23. The van der Waals surface area contributed by atoms with Gasteiger partial charge in [0.15, 0.2) is 11.7 Å². The molecule has 0 rings (SSSR count). The molecule has 0 aromatic carbocycles. The number of hydrogen-bond donors (Lipinski definition) is 0. The van der Waals surface area contributed by atoms with Gasteiger partial charge in [-0.2, -0.15) is 0 Å². The van der Waals surface area contributed by atoms with Crippen molar-refractivity contribution in [2.24, 2.45) is 0 Å². The van der Waals surface area contributed by atoms with Gasteiger partial charge < -0.3 is 9.80 Å². The lowest BCUT2D eigenvalue weighted by Crippen LogP contribution is -2.21. The van der Waals surface area contributed by atoms with Crippen molar-refractivity contribution in [3.05, 3.63) is 24.8 Å². The Hall–Kier alpha value is -1.72. The molecule has 0 fully saturated rings. The van der Waals surface area contributed by atoms with Crippen LogP contribution in [0.4, 0.5) is 8.78 Å². The monoisotopic (exact) mass is 234 g/mol. The summed E-state index contributed by atoms with van der Waals surface area (Å²) in [4.78, 5) is 22.8. The summed E-state index contributed by atoms with van der Waals surface area (Å²) in [6, 6.07) is 0. The number of amides is 2. The van der Waals surface area contributed by atoms with Crippen molar-refractivity contribution >= 4 is 11.8 Å². The Balaban J connectivity index is 0. The number of halogens is 2. The Morgan fingerprint density at radius 1 is 0.812 bits per heavy atom. The Labute approximate surface area is 93.8 Å². The first kappa shape index (κ1) is 16.7. The van der Waals surface area contributed by atoms with Crippen molar-refractivity contribution in [1.82, 2.24) is 9.80 Å². The fraction of sp³-hybridized carbons (Fsp3) is 0.400. The minimum absolute atomic E-state index is 0.676. The number of hydrogen-bond acceptors (Lipinski definition) is 2. The molecule has 4 nitrogen and oxygen atoms in total. The van der Waals surface area contributed by atoms with E-state index in [1.807, 2.05) is 0 Å². The summed E-state index contributed by atoms with van der Waals surface area (Å²) >= 11 is 0. The van der Waals surface area contributed by atoms with Crippen LogP contribution in [-0.2, 0) is 9.59 Å². The van der Waals surface area contributed by atoms with Gasteiger partial charge in [-0.05, 0) is 0 Å². The molecule has 6 heteroatoms. The average Bonchev–Trinajstić information content (AvgIpc) is 2.15. The summed E-state index contributed by atoms with van der Waals surface area (Å²) in [6.07, 6.45) is 0. The molecule has 0 aliphatic heterocycles. The van der Waals surface area contributed by atoms with E-state index in [9.17, 15) is 18.4 Å². The van der Waals surface area contributed by atoms with Crippen molar-refractivity contribution in [3.8, 4) is 0 Å². The molecule has 0 saturated carbocycles. The maximum Gasteiger partial charge on any atom is 0.281 e. The lowest BCUT2D eigenvalue weighted by molar-refractivity contribution is -0.126. The van der Waals surface area contributed by atoms with E-state index in [1.165, 1.54) is 28.2 Å². The topological polar surface area (TPSA) is 40.6 Å². The fourth-order valence-electron chi connectivity index (χ4n) is 0.485. The van der Waals surface area contributed by atoms with E-state index in [-0.39, 0.29) is 0 Å². The molecule has 0 saturated heterocycles. The summed E-state index contributed by atoms with van der Waals surface area (Å²) in [6.45, 7) is 5.64. The molecule has 16 heavy (non-hydrogen) atoms. The molecule has 0 atom stereocenters. The van der Waals surface area contributed by atoms with Crippen LogP contribution in [-0.4, -0.2) is 49.8 Å². The highest BCUT2D eigenvalue weighted by Gasteiger charge is 2.06. The molecule has 0 bridgehead atoms. The van der Waals surface area contributed by atoms with Gasteiger partial charge in [-0.15, -0.1) is 0 Å². The zero-order valence-electron chi connectivity index (χ0n) is 9.88. The standard InChI is InChI=1S/2C5H8FNO/c2*1-4(6)5(8)7(2)3/h2*1H2,2-3H3. The summed E-state index contributed by atoms with van der Waals surface area (Å²) in [5, 5.41) is 0. The molecule has 0 spiro atoms. The highest BCUT2D eigenvalue weighted by molar-refractivity contribution is 5.90. The Kier molecular flexibility index (Phi) is 7.89. The number of carbonyl (C=O) groups is 2. The van der Waals surface area contributed by atoms with Gasteiger partial charge in [-0.1, -0.05) is 13.2 Å². The fourth-order valence-corrected chi connectivity index (χ4v) is 0.485. The largest absolute Gasteiger partial charge is 0.343 e. The smallest absolute Gasteiger partial charge is 0.281 e. The molecule has 2 amide bonds. The second-order valence-corrected chi connectivity index (χ2v) is 3.21. The molecular weight excluding hydrogens is 218 g/mol. The second kappa shape index (κ2) is 7.56. The van der Waals surface area contributed by atoms with Gasteiger partial charge >= 0.3 is 0 Å². The predicted molar refractivity (Wildman–Crippen MR) is 57.9 cm³/mol. The van der Waals surface area contributed by atoms with Crippen LogP contribution < -0.4 is 0 Å². The van der Waals surface area contributed by atoms with E-state index in [0.29, 0.717) is 0 Å². The van der Waals surface area contributed by atoms with Crippen molar-refractivity contribution in [3.63, 3.8) is 0 Å². The molecule has 92 valence electrons. The van der Waals surface area contributed by atoms with Gasteiger partial charge in [-0.25, -0.2) is 8.78 Å². The normalized spacial score (nSPS) is 8.38. The van der Waals surface area contributed by atoms with Crippen LogP contribution in [0.5, 0.6) is 0 Å². The van der Waals surface area contributed by atoms with Crippen LogP contribution in [0, 0.1) is 0 Å². The third-order valence-electron chi connectivity index (χ3n) is 1.28. The average molecular weight is 234 g/mol. The molecule has 0 heterocycles. The van der Waals surface area contributed by atoms with Crippen LogP contribution in [0.2, 0.25) is 0 Å². The third-order valence-corrected chi connectivity index (χ3v) is 1.28. The van der Waals surface area contributed by atoms with E-state index < -0.39 is 23.5 Å². The van der Waals surface area contributed by atoms with Crippen LogP contribution in [0.3, 0.4) is 0 Å². The van der Waals surface area contributed by atoms with Crippen LogP contribution in [0.1, 0.15) is 0 Å². The Morgan fingerprint density at radius 2 is 1.00 bits per heavy atom. The quantitative estimate of drug-likeness (QED) is 0.672. The first-order chi connectivity index (χ1) is 7.11. The number of carbonyl (C=O) groups excluding carboxylic acids is 2. The summed E-state index contributed by atoms with van der Waals surface area (Å²) in [5.74, 6) is -3.19. The van der Waals surface area contributed by atoms with E-state index >= 15 is 0 Å². The van der Waals surface area contributed by atoms with Crippen molar-refractivity contribution < 1.29 is 18.4 Å². The zero-order chi connectivity index (χ0) is 13.5. The molecule has 0 radical (unpaired) electrons. The van der Waals surface area contributed by atoms with Crippen LogP contribution in [0.25, 0.3) is 0 Å². The van der Waals surface area contributed by atoms with E-state index in [2.05, 4.69) is 13.2 Å². The molecule has 0 unspecified atom stereocenters. The van der Waals surface area contributed by atoms with E-state index in [1.54, 1.807) is 0 Å². The zero-order valence-corrected chi connectivity index (χ0v) is 9.88. The lowest BCUT2D eigenvalue weighted by Gasteiger charge is -2.05. The van der Waals surface area contributed by atoms with Gasteiger partial charge in [0.05, 0.1) is 0 Å². The first-order valence-corrected chi connectivity index (χ1v) is 4.23. The molecule has 0 aromatic rings. The van der Waals surface area contributed by atoms with Crippen molar-refractivity contribution in [1.29, 1.82) is 0 Å². The molecule has 0 aliphatic rings. The number of nitrogens with zero attached hydrogens (tertiary/aromatic N) is 2. The van der Waals surface area contributed by atoms with Crippen LogP contribution in [0.15, 0.2) is 24.8 Å². The summed E-state index contributed by atoms with van der Waals surface area (Å²) < 4.78 is 23.5. The van der Waals surface area contributed by atoms with E-state index in [4.69, 9.17) is 0 Å². The molecule has 0 N–H and O–H groups in total. The van der Waals surface area contributed by atoms with Crippen LogP contribution >= 0.6 is 0 Å². The van der Waals surface area contributed by atoms with Gasteiger partial charge in [0.25, 0.3) is 11.8 Å². The Morgan fingerprint density at radius 3 is 1.00 bits per heavy atom. The van der Waals surface area contributed by atoms with Gasteiger partial charge in [0.1, 0.15) is 0 Å². The third kappa shape index (κ3) is 7.66. The number of rotatable bonds is 2. The molecule has 0 aromatic heterocycles. The molecule has 0 aliphatic carbocycles. The maximum absolute atomic E-state index is 11.8. The van der Waals surface area contributed by atoms with Crippen molar-refractivity contribution in [2.45, 2.75) is 0 Å². The SMILES string of the molecule is C=C(F)C(=O)N(C)C.C=C(F)C(=O)N(C)C. The highest BCUT2D eigenvalue weighted by Crippen LogP contribution is 1.94. The minimum Gasteiger partial charge on any atom is -0.343 e. The van der Waals surface area contributed by atoms with Gasteiger partial charge in [-0.3, -0.25) is 9.59 Å². The van der Waals surface area contributed by atoms with Crippen molar-refractivity contribution in [2.75, 3.05) is 28.2 Å². The minimum atomic E-state index is -0.921. The highest BCUT2D eigenvalue weighted by atomic mass is 19.1. The van der Waals surface area contributed by atoms with E-state index in [0.717, 1.165) is 9.80 Å². The summed E-state index contributed by atoms with van der Waals surface area (Å²) in [5.41, 5.74) is 0. The summed E-state index contributed by atoms with van der Waals surface area (Å²) in [7, 11) is 5.86. The predicted octanol–water partition coefficient (Wildman–Crippen LogP) is 1.12. The van der Waals surface area contributed by atoms with Gasteiger partial charge in [0, 0.05) is 28.2 Å². The second-order valence-electron chi connectivity index (χ2n) is 3.21.